The average Bonchev–Trinajstić information content (AvgIpc) is 3.34. The van der Waals surface area contributed by atoms with Crippen molar-refractivity contribution in [3.63, 3.8) is 0 Å². The Morgan fingerprint density at radius 3 is 2.67 bits per heavy atom. The van der Waals surface area contributed by atoms with Gasteiger partial charge in [0.15, 0.2) is 0 Å². The maximum Gasteiger partial charge on any atom is 0.219 e. The van der Waals surface area contributed by atoms with Crippen LogP contribution in [0.4, 0.5) is 0 Å². The van der Waals surface area contributed by atoms with Gasteiger partial charge in [-0.3, -0.25) is 4.79 Å². The fraction of sp³-hybridized carbons (Fsp3) is 0.583. The normalized spacial score (nSPS) is 16.2. The van der Waals surface area contributed by atoms with E-state index < -0.39 is 0 Å². The van der Waals surface area contributed by atoms with E-state index in [9.17, 15) is 4.79 Å². The number of hydrogen-bond donors (Lipinski definition) is 1. The molecular formula is C24H35N3OS2. The van der Waals surface area contributed by atoms with E-state index in [1.165, 1.54) is 42.0 Å². The van der Waals surface area contributed by atoms with E-state index in [1.54, 1.807) is 0 Å². The molecule has 0 spiro atoms. The predicted octanol–water partition coefficient (Wildman–Crippen LogP) is 5.95. The van der Waals surface area contributed by atoms with E-state index in [-0.39, 0.29) is 5.91 Å². The number of unbranched alkanes of at least 4 members (excludes halogenated alkanes) is 2. The largest absolute Gasteiger partial charge is 0.356 e. The number of pyridine rings is 1. The van der Waals surface area contributed by atoms with E-state index in [2.05, 4.69) is 54.9 Å². The number of amides is 1. The van der Waals surface area contributed by atoms with Crippen molar-refractivity contribution in [2.24, 2.45) is 0 Å². The molecule has 1 N–H and O–H groups in total. The summed E-state index contributed by atoms with van der Waals surface area (Å²) in [5.41, 5.74) is 4.79. The third-order valence-electron chi connectivity index (χ3n) is 5.60. The van der Waals surface area contributed by atoms with Gasteiger partial charge in [-0.05, 0) is 89.1 Å². The highest BCUT2D eigenvalue weighted by molar-refractivity contribution is 8.77. The topological polar surface area (TPSA) is 46.9 Å². The first-order chi connectivity index (χ1) is 14.5. The molecule has 164 valence electrons. The minimum absolute atomic E-state index is 0.206. The van der Waals surface area contributed by atoms with Crippen LogP contribution >= 0.6 is 21.6 Å². The molecule has 1 unspecified atom stereocenters. The Kier molecular flexibility index (Phi) is 9.19. The molecule has 1 saturated heterocycles. The molecule has 1 atom stereocenters. The highest BCUT2D eigenvalue weighted by Crippen LogP contribution is 2.39. The van der Waals surface area contributed by atoms with E-state index in [1.807, 2.05) is 21.6 Å². The van der Waals surface area contributed by atoms with Gasteiger partial charge in [0.1, 0.15) is 5.82 Å². The van der Waals surface area contributed by atoms with Gasteiger partial charge in [0.2, 0.25) is 5.91 Å². The molecule has 0 bridgehead atoms. The lowest BCUT2D eigenvalue weighted by molar-refractivity contribution is -0.121. The van der Waals surface area contributed by atoms with Crippen LogP contribution in [0.1, 0.15) is 67.6 Å². The second-order valence-corrected chi connectivity index (χ2v) is 11.1. The molecule has 30 heavy (non-hydrogen) atoms. The summed E-state index contributed by atoms with van der Waals surface area (Å²) in [6.45, 7) is 7.13. The number of nitrogens with one attached hydrogen (secondary N) is 1. The van der Waals surface area contributed by atoms with Crippen molar-refractivity contribution in [3.8, 4) is 5.82 Å². The number of aromatic nitrogens is 2. The summed E-state index contributed by atoms with van der Waals surface area (Å²) in [6.07, 6.45) is 8.44. The summed E-state index contributed by atoms with van der Waals surface area (Å²) in [5.74, 6) is 2.51. The van der Waals surface area contributed by atoms with Gasteiger partial charge >= 0.3 is 0 Å². The molecule has 1 aliphatic heterocycles. The zero-order valence-corrected chi connectivity index (χ0v) is 20.2. The number of nitrogens with zero attached hydrogens (tertiary/aromatic N) is 2. The van der Waals surface area contributed by atoms with Crippen molar-refractivity contribution in [2.45, 2.75) is 77.4 Å². The van der Waals surface area contributed by atoms with Crippen LogP contribution in [0, 0.1) is 20.8 Å². The van der Waals surface area contributed by atoms with E-state index in [4.69, 9.17) is 4.98 Å². The lowest BCUT2D eigenvalue weighted by atomic mass is 10.1. The van der Waals surface area contributed by atoms with Crippen LogP contribution in [-0.4, -0.2) is 33.0 Å². The number of carbonyl (C=O) groups is 1. The standard InChI is InChI=1S/C24H35N3OS2/c1-18-16-21(26-23(17-18)27-19(2)11-12-20(27)3)8-6-7-14-25-24(28)10-5-4-9-22-13-15-29-30-22/h11-12,16-17,22H,4-10,13-15H2,1-3H3,(H,25,28). The zero-order chi connectivity index (χ0) is 21.3. The molecule has 1 amide bonds. The molecule has 0 aliphatic carbocycles. The Labute approximate surface area is 189 Å². The molecular weight excluding hydrogens is 410 g/mol. The van der Waals surface area contributed by atoms with Gasteiger partial charge in [0.25, 0.3) is 0 Å². The molecule has 3 rings (SSSR count). The number of rotatable bonds is 11. The quantitative estimate of drug-likeness (QED) is 0.343. The fourth-order valence-electron chi connectivity index (χ4n) is 3.96. The second kappa shape index (κ2) is 11.8. The van der Waals surface area contributed by atoms with Gasteiger partial charge in [0.05, 0.1) is 0 Å². The van der Waals surface area contributed by atoms with Gasteiger partial charge in [-0.15, -0.1) is 0 Å². The van der Waals surface area contributed by atoms with Crippen molar-refractivity contribution >= 4 is 27.5 Å². The summed E-state index contributed by atoms with van der Waals surface area (Å²) < 4.78 is 2.21. The maximum absolute atomic E-state index is 12.0. The first-order valence-electron chi connectivity index (χ1n) is 11.2. The van der Waals surface area contributed by atoms with Gasteiger partial charge in [-0.1, -0.05) is 28.0 Å². The second-order valence-electron chi connectivity index (χ2n) is 8.33. The zero-order valence-electron chi connectivity index (χ0n) is 18.6. The van der Waals surface area contributed by atoms with E-state index in [0.717, 1.165) is 49.0 Å². The van der Waals surface area contributed by atoms with Crippen molar-refractivity contribution in [1.29, 1.82) is 0 Å². The van der Waals surface area contributed by atoms with Gasteiger partial charge in [0, 0.05) is 41.1 Å². The number of hydrogen-bond acceptors (Lipinski definition) is 4. The Bertz CT molecular complexity index is 808. The molecule has 0 aromatic carbocycles. The van der Waals surface area contributed by atoms with Crippen LogP contribution in [0.25, 0.3) is 5.82 Å². The maximum atomic E-state index is 12.0. The third kappa shape index (κ3) is 7.09. The molecule has 4 nitrogen and oxygen atoms in total. The van der Waals surface area contributed by atoms with Gasteiger partial charge in [-0.2, -0.15) is 0 Å². The summed E-state index contributed by atoms with van der Waals surface area (Å²) in [4.78, 5) is 16.9. The van der Waals surface area contributed by atoms with Gasteiger partial charge in [-0.25, -0.2) is 4.98 Å². The molecule has 1 aliphatic rings. The average molecular weight is 446 g/mol. The minimum atomic E-state index is 0.206. The summed E-state index contributed by atoms with van der Waals surface area (Å²) >= 11 is 0. The highest BCUT2D eigenvalue weighted by Gasteiger charge is 2.15. The Balaban J connectivity index is 1.34. The first kappa shape index (κ1) is 23.3. The molecule has 2 aromatic rings. The van der Waals surface area contributed by atoms with Crippen molar-refractivity contribution in [1.82, 2.24) is 14.9 Å². The van der Waals surface area contributed by atoms with Crippen LogP contribution in [0.3, 0.4) is 0 Å². The smallest absolute Gasteiger partial charge is 0.219 e. The number of aryl methyl sites for hydroxylation is 4. The monoisotopic (exact) mass is 445 g/mol. The summed E-state index contributed by atoms with van der Waals surface area (Å²) in [5, 5.41) is 3.90. The third-order valence-corrected chi connectivity index (χ3v) is 8.61. The van der Waals surface area contributed by atoms with E-state index >= 15 is 0 Å². The molecule has 3 heterocycles. The van der Waals surface area contributed by atoms with Crippen LogP contribution in [0.5, 0.6) is 0 Å². The van der Waals surface area contributed by atoms with Crippen LogP contribution < -0.4 is 5.32 Å². The molecule has 2 aromatic heterocycles. The lowest BCUT2D eigenvalue weighted by Gasteiger charge is -2.12. The van der Waals surface area contributed by atoms with Crippen LogP contribution in [0.15, 0.2) is 24.3 Å². The highest BCUT2D eigenvalue weighted by atomic mass is 33.1. The molecule has 0 saturated carbocycles. The summed E-state index contributed by atoms with van der Waals surface area (Å²) in [6, 6.07) is 8.59. The minimum Gasteiger partial charge on any atom is -0.356 e. The fourth-order valence-corrected chi connectivity index (χ4v) is 6.99. The number of carbonyl (C=O) groups excluding carboxylic acids is 1. The van der Waals surface area contributed by atoms with Crippen LogP contribution in [-0.2, 0) is 11.2 Å². The summed E-state index contributed by atoms with van der Waals surface area (Å²) in [7, 11) is 4.02. The van der Waals surface area contributed by atoms with Crippen LogP contribution in [0.2, 0.25) is 0 Å². The molecule has 1 fully saturated rings. The molecule has 0 radical (unpaired) electrons. The van der Waals surface area contributed by atoms with E-state index in [0.29, 0.717) is 6.42 Å². The van der Waals surface area contributed by atoms with Crippen molar-refractivity contribution < 1.29 is 4.79 Å². The Morgan fingerprint density at radius 1 is 1.13 bits per heavy atom. The molecule has 6 heteroatoms. The Morgan fingerprint density at radius 2 is 1.93 bits per heavy atom. The lowest BCUT2D eigenvalue weighted by Crippen LogP contribution is -2.24. The van der Waals surface area contributed by atoms with Crippen molar-refractivity contribution in [3.05, 3.63) is 46.9 Å². The van der Waals surface area contributed by atoms with Gasteiger partial charge < -0.3 is 9.88 Å². The van der Waals surface area contributed by atoms with Crippen molar-refractivity contribution in [2.75, 3.05) is 12.3 Å². The Hall–Kier alpha value is -1.40. The predicted molar refractivity (Wildman–Crippen MR) is 131 cm³/mol. The SMILES string of the molecule is Cc1cc(CCCCNC(=O)CCCCC2CCSS2)nc(-n2c(C)ccc2C)c1. The first-order valence-corrected chi connectivity index (χ1v) is 13.6.